The summed E-state index contributed by atoms with van der Waals surface area (Å²) in [5, 5.41) is 0. The summed E-state index contributed by atoms with van der Waals surface area (Å²) < 4.78 is 21.7. The third-order valence-corrected chi connectivity index (χ3v) is 7.30. The van der Waals surface area contributed by atoms with Gasteiger partial charge in [-0.05, 0) is 57.0 Å². The summed E-state index contributed by atoms with van der Waals surface area (Å²) in [4.78, 5) is 60.2. The van der Waals surface area contributed by atoms with Crippen molar-refractivity contribution in [3.8, 4) is 0 Å². The van der Waals surface area contributed by atoms with Gasteiger partial charge in [-0.25, -0.2) is 19.2 Å². The number of benzene rings is 2. The smallest absolute Gasteiger partial charge is 0.355 e. The predicted octanol–water partition coefficient (Wildman–Crippen LogP) is 5.66. The van der Waals surface area contributed by atoms with Crippen molar-refractivity contribution in [2.24, 2.45) is 0 Å². The molecule has 0 aliphatic rings. The molecule has 242 valence electrons. The van der Waals surface area contributed by atoms with Crippen LogP contribution in [-0.4, -0.2) is 59.0 Å². The van der Waals surface area contributed by atoms with Crippen LogP contribution in [0.25, 0.3) is 0 Å². The molecule has 0 aliphatic heterocycles. The second kappa shape index (κ2) is 15.7. The van der Waals surface area contributed by atoms with Crippen LogP contribution in [0.4, 0.5) is 0 Å². The van der Waals surface area contributed by atoms with E-state index in [9.17, 15) is 19.2 Å². The van der Waals surface area contributed by atoms with Crippen molar-refractivity contribution in [3.05, 3.63) is 117 Å². The maximum absolute atomic E-state index is 13.4. The summed E-state index contributed by atoms with van der Waals surface area (Å²) in [6.07, 6.45) is 0. The number of nitrogens with one attached hydrogen (secondary N) is 2. The minimum atomic E-state index is -0.595. The number of aromatic amines is 2. The van der Waals surface area contributed by atoms with Crippen LogP contribution in [0.1, 0.15) is 89.2 Å². The zero-order valence-electron chi connectivity index (χ0n) is 26.7. The van der Waals surface area contributed by atoms with Crippen molar-refractivity contribution in [1.82, 2.24) is 14.9 Å². The Balaban J connectivity index is 1.61. The van der Waals surface area contributed by atoms with Gasteiger partial charge in [0.25, 0.3) is 0 Å². The van der Waals surface area contributed by atoms with E-state index in [-0.39, 0.29) is 62.0 Å². The van der Waals surface area contributed by atoms with Crippen molar-refractivity contribution in [3.63, 3.8) is 0 Å². The monoisotopic (exact) mass is 629 g/mol. The van der Waals surface area contributed by atoms with Crippen LogP contribution in [0.5, 0.6) is 0 Å². The van der Waals surface area contributed by atoms with E-state index in [1.54, 1.807) is 34.7 Å². The van der Waals surface area contributed by atoms with Crippen LogP contribution in [0, 0.1) is 13.8 Å². The number of ether oxygens (including phenoxy) is 4. The molecule has 46 heavy (non-hydrogen) atoms. The number of rotatable bonds is 14. The Kier molecular flexibility index (Phi) is 11.5. The van der Waals surface area contributed by atoms with E-state index >= 15 is 0 Å². The zero-order chi connectivity index (χ0) is 33.2. The normalized spacial score (nSPS) is 10.9. The van der Waals surface area contributed by atoms with Crippen LogP contribution < -0.4 is 0 Å². The molecule has 0 fully saturated rings. The summed E-state index contributed by atoms with van der Waals surface area (Å²) in [6.45, 7) is 7.47. The number of nitrogens with zero attached hydrogens (tertiary/aromatic N) is 1. The SMILES string of the molecule is CCOC(=O)c1[nH]c(CN(C)Cc2[nH]c(C(=O)OCC)c(C)c2C(=O)OCc2ccccc2)c(C(=O)OCc2ccccc2)c1C. The fraction of sp³-hybridized carbons (Fsp3) is 0.314. The summed E-state index contributed by atoms with van der Waals surface area (Å²) in [5.74, 6) is -2.37. The van der Waals surface area contributed by atoms with Gasteiger partial charge in [0, 0.05) is 24.5 Å². The second-order valence-electron chi connectivity index (χ2n) is 10.7. The molecule has 0 spiro atoms. The second-order valence-corrected chi connectivity index (χ2v) is 10.7. The van der Waals surface area contributed by atoms with Crippen LogP contribution in [0.2, 0.25) is 0 Å². The Morgan fingerprint density at radius 3 is 1.30 bits per heavy atom. The third kappa shape index (κ3) is 8.10. The molecule has 0 unspecified atom stereocenters. The van der Waals surface area contributed by atoms with E-state index < -0.39 is 23.9 Å². The van der Waals surface area contributed by atoms with Crippen molar-refractivity contribution in [2.75, 3.05) is 20.3 Å². The van der Waals surface area contributed by atoms with Gasteiger partial charge in [-0.1, -0.05) is 60.7 Å². The predicted molar refractivity (Wildman–Crippen MR) is 169 cm³/mol. The zero-order valence-corrected chi connectivity index (χ0v) is 26.7. The lowest BCUT2D eigenvalue weighted by Crippen LogP contribution is -2.21. The van der Waals surface area contributed by atoms with E-state index in [1.807, 2.05) is 65.6 Å². The number of carbonyl (C=O) groups is 4. The molecule has 2 aromatic carbocycles. The molecule has 11 heteroatoms. The van der Waals surface area contributed by atoms with Gasteiger partial charge in [0.15, 0.2) is 0 Å². The quantitative estimate of drug-likeness (QED) is 0.134. The summed E-state index contributed by atoms with van der Waals surface area (Å²) >= 11 is 0. The van der Waals surface area contributed by atoms with Gasteiger partial charge in [0.1, 0.15) is 24.6 Å². The third-order valence-electron chi connectivity index (χ3n) is 7.30. The number of esters is 4. The molecular weight excluding hydrogens is 590 g/mol. The van der Waals surface area contributed by atoms with E-state index in [0.29, 0.717) is 22.5 Å². The molecule has 4 rings (SSSR count). The number of H-pyrrole nitrogens is 2. The minimum Gasteiger partial charge on any atom is -0.461 e. The van der Waals surface area contributed by atoms with Crippen LogP contribution in [0.15, 0.2) is 60.7 Å². The van der Waals surface area contributed by atoms with Crippen molar-refractivity contribution >= 4 is 23.9 Å². The maximum Gasteiger partial charge on any atom is 0.355 e. The number of hydrogen-bond acceptors (Lipinski definition) is 9. The van der Waals surface area contributed by atoms with Gasteiger partial charge in [0.2, 0.25) is 0 Å². The highest BCUT2D eigenvalue weighted by Crippen LogP contribution is 2.26. The molecule has 2 heterocycles. The van der Waals surface area contributed by atoms with Gasteiger partial charge in [0.05, 0.1) is 24.3 Å². The lowest BCUT2D eigenvalue weighted by molar-refractivity contribution is 0.0461. The molecule has 2 aromatic heterocycles. The van der Waals surface area contributed by atoms with Gasteiger partial charge in [-0.3, -0.25) is 4.90 Å². The largest absolute Gasteiger partial charge is 0.461 e. The number of carbonyl (C=O) groups excluding carboxylic acids is 4. The highest BCUT2D eigenvalue weighted by atomic mass is 16.5. The number of aromatic nitrogens is 2. The van der Waals surface area contributed by atoms with Crippen molar-refractivity contribution < 1.29 is 38.1 Å². The van der Waals surface area contributed by atoms with E-state index in [2.05, 4.69) is 9.97 Å². The minimum absolute atomic E-state index is 0.0567. The first-order chi connectivity index (χ1) is 22.1. The Morgan fingerprint density at radius 2 is 0.957 bits per heavy atom. The molecule has 0 bridgehead atoms. The molecule has 0 saturated carbocycles. The molecule has 11 nitrogen and oxygen atoms in total. The van der Waals surface area contributed by atoms with Crippen LogP contribution in [0.3, 0.4) is 0 Å². The maximum atomic E-state index is 13.4. The highest BCUT2D eigenvalue weighted by Gasteiger charge is 2.29. The van der Waals surface area contributed by atoms with Crippen LogP contribution in [-0.2, 0) is 45.3 Å². The Hall–Kier alpha value is -5.16. The van der Waals surface area contributed by atoms with E-state index in [4.69, 9.17) is 18.9 Å². The van der Waals surface area contributed by atoms with E-state index in [1.165, 1.54) is 0 Å². The molecular formula is C35H39N3O8. The molecule has 0 amide bonds. The molecule has 4 aromatic rings. The first kappa shape index (κ1) is 33.7. The summed E-state index contributed by atoms with van der Waals surface area (Å²) in [7, 11) is 1.78. The fourth-order valence-electron chi connectivity index (χ4n) is 5.11. The lowest BCUT2D eigenvalue weighted by atomic mass is 10.1. The summed E-state index contributed by atoms with van der Waals surface area (Å²) in [5.41, 5.74) is 4.08. The van der Waals surface area contributed by atoms with Crippen molar-refractivity contribution in [2.45, 2.75) is 54.0 Å². The summed E-state index contributed by atoms with van der Waals surface area (Å²) in [6, 6.07) is 18.5. The number of hydrogen-bond donors (Lipinski definition) is 2. The Morgan fingerprint density at radius 1 is 0.587 bits per heavy atom. The van der Waals surface area contributed by atoms with Gasteiger partial charge >= 0.3 is 23.9 Å². The Bertz CT molecular complexity index is 1550. The Labute approximate surface area is 267 Å². The van der Waals surface area contributed by atoms with E-state index in [0.717, 1.165) is 11.1 Å². The average molecular weight is 630 g/mol. The van der Waals surface area contributed by atoms with Crippen LogP contribution >= 0.6 is 0 Å². The first-order valence-corrected chi connectivity index (χ1v) is 15.0. The lowest BCUT2D eigenvalue weighted by Gasteiger charge is -2.17. The highest BCUT2D eigenvalue weighted by molar-refractivity contribution is 5.99. The molecule has 0 atom stereocenters. The van der Waals surface area contributed by atoms with Gasteiger partial charge in [-0.2, -0.15) is 0 Å². The first-order valence-electron chi connectivity index (χ1n) is 15.0. The average Bonchev–Trinajstić information content (AvgIpc) is 3.55. The van der Waals surface area contributed by atoms with Gasteiger partial charge < -0.3 is 28.9 Å². The molecule has 0 aliphatic carbocycles. The molecule has 0 radical (unpaired) electrons. The standard InChI is InChI=1S/C35H39N3O8/c1-6-43-34(41)30-22(3)28(32(39)45-20-24-14-10-8-11-15-24)26(36-30)18-38(5)19-27-29(23(4)31(37-27)35(42)44-7-2)33(40)46-21-25-16-12-9-13-17-25/h8-17,36-37H,6-7,18-21H2,1-5H3. The topological polar surface area (TPSA) is 140 Å². The molecule has 2 N–H and O–H groups in total. The van der Waals surface area contributed by atoms with Crippen molar-refractivity contribution in [1.29, 1.82) is 0 Å². The molecule has 0 saturated heterocycles. The van der Waals surface area contributed by atoms with Gasteiger partial charge in [-0.15, -0.1) is 0 Å². The fourth-order valence-corrected chi connectivity index (χ4v) is 5.11.